The highest BCUT2D eigenvalue weighted by atomic mass is 35.5. The first-order valence-electron chi connectivity index (χ1n) is 5.85. The molecule has 1 N–H and O–H groups in total. The van der Waals surface area contributed by atoms with Crippen LogP contribution in [-0.4, -0.2) is 29.6 Å². The van der Waals surface area contributed by atoms with Crippen molar-refractivity contribution in [1.29, 1.82) is 0 Å². The summed E-state index contributed by atoms with van der Waals surface area (Å²) >= 11 is 5.89. The summed E-state index contributed by atoms with van der Waals surface area (Å²) in [5, 5.41) is 13.5. The Balaban J connectivity index is 2.13. The Bertz CT molecular complexity index is 520. The number of hydrogen-bond acceptors (Lipinski definition) is 4. The molecule has 1 heterocycles. The van der Waals surface area contributed by atoms with E-state index in [4.69, 9.17) is 16.3 Å². The molecule has 0 aliphatic carbocycles. The lowest BCUT2D eigenvalue weighted by Gasteiger charge is -2.16. The molecule has 0 bridgehead atoms. The highest BCUT2D eigenvalue weighted by molar-refractivity contribution is 6.34. The number of nitro groups is 1. The fourth-order valence-electron chi connectivity index (χ4n) is 1.97. The number of nitrogens with one attached hydrogen (secondary N) is 1. The summed E-state index contributed by atoms with van der Waals surface area (Å²) in [6.45, 7) is 2.50. The molecule has 0 spiro atoms. The van der Waals surface area contributed by atoms with Gasteiger partial charge in [0.25, 0.3) is 11.6 Å². The molecule has 0 saturated carbocycles. The topological polar surface area (TPSA) is 81.5 Å². The molecule has 0 aromatic heterocycles. The van der Waals surface area contributed by atoms with Crippen molar-refractivity contribution in [2.45, 2.75) is 25.5 Å². The van der Waals surface area contributed by atoms with Gasteiger partial charge in [-0.1, -0.05) is 11.6 Å². The zero-order chi connectivity index (χ0) is 14.0. The maximum absolute atomic E-state index is 12.0. The smallest absolute Gasteiger partial charge is 0.270 e. The summed E-state index contributed by atoms with van der Waals surface area (Å²) in [5.41, 5.74) is 0.0884. The SMILES string of the molecule is CC1OCCC1NC(=O)c1ccc([N+](=O)[O-])cc1Cl. The van der Waals surface area contributed by atoms with Crippen LogP contribution in [0.15, 0.2) is 18.2 Å². The van der Waals surface area contributed by atoms with E-state index in [1.165, 1.54) is 18.2 Å². The summed E-state index contributed by atoms with van der Waals surface area (Å²) in [6, 6.07) is 3.73. The number of halogens is 1. The third-order valence-corrected chi connectivity index (χ3v) is 3.41. The summed E-state index contributed by atoms with van der Waals surface area (Å²) in [4.78, 5) is 22.1. The van der Waals surface area contributed by atoms with Crippen LogP contribution in [0.5, 0.6) is 0 Å². The monoisotopic (exact) mass is 284 g/mol. The highest BCUT2D eigenvalue weighted by Gasteiger charge is 2.26. The molecule has 2 rings (SSSR count). The van der Waals surface area contributed by atoms with Crippen LogP contribution in [-0.2, 0) is 4.74 Å². The summed E-state index contributed by atoms with van der Waals surface area (Å²) in [7, 11) is 0. The Hall–Kier alpha value is -1.66. The number of amides is 1. The first-order chi connectivity index (χ1) is 8.99. The quantitative estimate of drug-likeness (QED) is 0.681. The molecule has 1 aliphatic heterocycles. The lowest BCUT2D eigenvalue weighted by molar-refractivity contribution is -0.384. The van der Waals surface area contributed by atoms with E-state index in [2.05, 4.69) is 5.32 Å². The zero-order valence-electron chi connectivity index (χ0n) is 10.3. The van der Waals surface area contributed by atoms with Crippen molar-refractivity contribution < 1.29 is 14.5 Å². The number of carbonyl (C=O) groups is 1. The van der Waals surface area contributed by atoms with Crippen LogP contribution in [0.1, 0.15) is 23.7 Å². The molecule has 1 fully saturated rings. The molecule has 0 radical (unpaired) electrons. The molecule has 1 aromatic carbocycles. The second-order valence-corrected chi connectivity index (χ2v) is 4.77. The molecule has 6 nitrogen and oxygen atoms in total. The Labute approximate surface area is 114 Å². The van der Waals surface area contributed by atoms with Gasteiger partial charge in [0, 0.05) is 18.7 Å². The second kappa shape index (κ2) is 5.54. The van der Waals surface area contributed by atoms with E-state index < -0.39 is 4.92 Å². The molecular weight excluding hydrogens is 272 g/mol. The number of nitrogens with zero attached hydrogens (tertiary/aromatic N) is 1. The summed E-state index contributed by atoms with van der Waals surface area (Å²) < 4.78 is 5.35. The van der Waals surface area contributed by atoms with Gasteiger partial charge in [0.2, 0.25) is 0 Å². The van der Waals surface area contributed by atoms with Crippen LogP contribution in [0.25, 0.3) is 0 Å². The lowest BCUT2D eigenvalue weighted by Crippen LogP contribution is -2.39. The minimum absolute atomic E-state index is 0.0410. The third-order valence-electron chi connectivity index (χ3n) is 3.10. The number of nitro benzene ring substituents is 1. The van der Waals surface area contributed by atoms with E-state index in [1.807, 2.05) is 6.92 Å². The van der Waals surface area contributed by atoms with Crippen molar-refractivity contribution >= 4 is 23.2 Å². The number of rotatable bonds is 3. The molecule has 1 amide bonds. The van der Waals surface area contributed by atoms with Gasteiger partial charge in [-0.2, -0.15) is 0 Å². The average molecular weight is 285 g/mol. The van der Waals surface area contributed by atoms with Crippen LogP contribution in [0.3, 0.4) is 0 Å². The van der Waals surface area contributed by atoms with Gasteiger partial charge in [-0.25, -0.2) is 0 Å². The van der Waals surface area contributed by atoms with Gasteiger partial charge in [-0.3, -0.25) is 14.9 Å². The minimum atomic E-state index is -0.555. The molecule has 2 unspecified atom stereocenters. The van der Waals surface area contributed by atoms with E-state index in [9.17, 15) is 14.9 Å². The van der Waals surface area contributed by atoms with Crippen molar-refractivity contribution in [3.8, 4) is 0 Å². The molecule has 7 heteroatoms. The zero-order valence-corrected chi connectivity index (χ0v) is 11.0. The first kappa shape index (κ1) is 13.8. The highest BCUT2D eigenvalue weighted by Crippen LogP contribution is 2.23. The van der Waals surface area contributed by atoms with E-state index in [0.717, 1.165) is 6.42 Å². The molecule has 1 saturated heterocycles. The number of hydrogen-bond donors (Lipinski definition) is 1. The number of ether oxygens (including phenoxy) is 1. The maximum atomic E-state index is 12.0. The van der Waals surface area contributed by atoms with Gasteiger partial charge >= 0.3 is 0 Å². The van der Waals surface area contributed by atoms with Gasteiger partial charge in [0.15, 0.2) is 0 Å². The van der Waals surface area contributed by atoms with Gasteiger partial charge in [-0.05, 0) is 19.4 Å². The molecule has 1 aromatic rings. The Morgan fingerprint density at radius 3 is 2.84 bits per heavy atom. The second-order valence-electron chi connectivity index (χ2n) is 4.37. The molecule has 2 atom stereocenters. The van der Waals surface area contributed by atoms with Crippen LogP contribution in [0.4, 0.5) is 5.69 Å². The van der Waals surface area contributed by atoms with Crippen molar-refractivity contribution in [1.82, 2.24) is 5.32 Å². The van der Waals surface area contributed by atoms with Crippen molar-refractivity contribution in [2.24, 2.45) is 0 Å². The molecular formula is C12H13ClN2O4. The van der Waals surface area contributed by atoms with Crippen LogP contribution in [0, 0.1) is 10.1 Å². The van der Waals surface area contributed by atoms with E-state index >= 15 is 0 Å². The predicted octanol–water partition coefficient (Wildman–Crippen LogP) is 2.16. The number of non-ortho nitro benzene ring substituents is 1. The van der Waals surface area contributed by atoms with Crippen molar-refractivity contribution in [3.63, 3.8) is 0 Å². The largest absolute Gasteiger partial charge is 0.376 e. The summed E-state index contributed by atoms with van der Waals surface area (Å²) in [6.07, 6.45) is 0.707. The third kappa shape index (κ3) is 3.02. The van der Waals surface area contributed by atoms with Gasteiger partial charge < -0.3 is 10.1 Å². The fraction of sp³-hybridized carbons (Fsp3) is 0.417. The predicted molar refractivity (Wildman–Crippen MR) is 69.4 cm³/mol. The van der Waals surface area contributed by atoms with Gasteiger partial charge in [0.1, 0.15) is 0 Å². The lowest BCUT2D eigenvalue weighted by atomic mass is 10.1. The summed E-state index contributed by atoms with van der Waals surface area (Å²) in [5.74, 6) is -0.345. The Kier molecular flexibility index (Phi) is 4.01. The molecule has 102 valence electrons. The number of carbonyl (C=O) groups excluding carboxylic acids is 1. The first-order valence-corrected chi connectivity index (χ1v) is 6.23. The van der Waals surface area contributed by atoms with E-state index in [1.54, 1.807) is 0 Å². The Morgan fingerprint density at radius 1 is 1.58 bits per heavy atom. The van der Waals surface area contributed by atoms with Crippen molar-refractivity contribution in [3.05, 3.63) is 38.9 Å². The maximum Gasteiger partial charge on any atom is 0.270 e. The van der Waals surface area contributed by atoms with Crippen molar-refractivity contribution in [2.75, 3.05) is 6.61 Å². The molecule has 19 heavy (non-hydrogen) atoms. The van der Waals surface area contributed by atoms with Gasteiger partial charge in [-0.15, -0.1) is 0 Å². The average Bonchev–Trinajstić information content (AvgIpc) is 2.74. The number of benzene rings is 1. The minimum Gasteiger partial charge on any atom is -0.376 e. The standard InChI is InChI=1S/C12H13ClN2O4/c1-7-11(4-5-19-7)14-12(16)9-3-2-8(15(17)18)6-10(9)13/h2-3,6-7,11H,4-5H2,1H3,(H,14,16). The normalized spacial score (nSPS) is 22.2. The molecule has 1 aliphatic rings. The van der Waals surface area contributed by atoms with Gasteiger partial charge in [0.05, 0.1) is 27.7 Å². The Morgan fingerprint density at radius 2 is 2.32 bits per heavy atom. The van der Waals surface area contributed by atoms with Crippen LogP contribution in [0.2, 0.25) is 5.02 Å². The van der Waals surface area contributed by atoms with Crippen LogP contribution < -0.4 is 5.32 Å². The fourth-order valence-corrected chi connectivity index (χ4v) is 2.23. The van der Waals surface area contributed by atoms with E-state index in [0.29, 0.717) is 6.61 Å². The van der Waals surface area contributed by atoms with Crippen LogP contribution >= 0.6 is 11.6 Å². The van der Waals surface area contributed by atoms with E-state index in [-0.39, 0.29) is 34.3 Å².